The van der Waals surface area contributed by atoms with E-state index in [-0.39, 0.29) is 5.91 Å². The van der Waals surface area contributed by atoms with Gasteiger partial charge in [0.2, 0.25) is 0 Å². The Morgan fingerprint density at radius 1 is 1.40 bits per heavy atom. The predicted octanol–water partition coefficient (Wildman–Crippen LogP) is 3.85. The van der Waals surface area contributed by atoms with Crippen LogP contribution >= 0.6 is 47.8 Å². The minimum absolute atomic E-state index is 0.130. The Hall–Kier alpha value is -0.130. The molecule has 1 amide bonds. The lowest BCUT2D eigenvalue weighted by atomic mass is 10.2. The van der Waals surface area contributed by atoms with Crippen molar-refractivity contribution in [3.63, 3.8) is 0 Å². The Balaban J connectivity index is 2.78. The van der Waals surface area contributed by atoms with Gasteiger partial charge < -0.3 is 5.32 Å². The third kappa shape index (κ3) is 4.09. The number of hydrogen-bond acceptors (Lipinski definition) is 1. The molecular weight excluding hydrogens is 390 g/mol. The van der Waals surface area contributed by atoms with Crippen molar-refractivity contribution in [1.29, 1.82) is 0 Å². The molecule has 15 heavy (non-hydrogen) atoms. The molecule has 1 aromatic carbocycles. The third-order valence-corrected chi connectivity index (χ3v) is 3.05. The number of benzene rings is 1. The molecule has 1 N–H and O–H groups in total. The van der Waals surface area contributed by atoms with Crippen LogP contribution < -0.4 is 5.32 Å². The van der Waals surface area contributed by atoms with Crippen LogP contribution in [0.15, 0.2) is 38.2 Å². The van der Waals surface area contributed by atoms with Crippen LogP contribution in [-0.2, 0) is 0 Å². The quantitative estimate of drug-likeness (QED) is 0.824. The maximum Gasteiger partial charge on any atom is 0.252 e. The molecule has 80 valence electrons. The predicted molar refractivity (Wildman–Crippen MR) is 72.2 cm³/mol. The van der Waals surface area contributed by atoms with Gasteiger partial charge in [-0.1, -0.05) is 38.4 Å². The summed E-state index contributed by atoms with van der Waals surface area (Å²) in [5.74, 6) is -0.130. The molecule has 0 bridgehead atoms. The van der Waals surface area contributed by atoms with Crippen LogP contribution in [0, 0.1) is 0 Å². The van der Waals surface area contributed by atoms with E-state index in [9.17, 15) is 4.79 Å². The molecule has 0 spiro atoms. The van der Waals surface area contributed by atoms with E-state index in [2.05, 4.69) is 59.7 Å². The number of amides is 1. The average Bonchev–Trinajstić information content (AvgIpc) is 2.14. The molecule has 5 heteroatoms. The number of rotatable bonds is 3. The van der Waals surface area contributed by atoms with Gasteiger partial charge in [-0.3, -0.25) is 4.79 Å². The molecule has 2 nitrogen and oxygen atoms in total. The smallest absolute Gasteiger partial charge is 0.252 e. The lowest BCUT2D eigenvalue weighted by Gasteiger charge is -2.06. The van der Waals surface area contributed by atoms with Gasteiger partial charge in [0.15, 0.2) is 0 Å². The third-order valence-electron chi connectivity index (χ3n) is 1.62. The highest BCUT2D eigenvalue weighted by molar-refractivity contribution is 9.11. The zero-order valence-corrected chi connectivity index (χ0v) is 12.4. The fourth-order valence-electron chi connectivity index (χ4n) is 0.945. The zero-order chi connectivity index (χ0) is 11.4. The van der Waals surface area contributed by atoms with Crippen molar-refractivity contribution in [2.75, 3.05) is 6.54 Å². The highest BCUT2D eigenvalue weighted by atomic mass is 79.9. The van der Waals surface area contributed by atoms with E-state index < -0.39 is 0 Å². The van der Waals surface area contributed by atoms with Gasteiger partial charge in [-0.05, 0) is 34.1 Å². The Morgan fingerprint density at radius 2 is 2.07 bits per heavy atom. The number of carbonyl (C=O) groups excluding carboxylic acids is 1. The minimum atomic E-state index is -0.130. The van der Waals surface area contributed by atoms with E-state index in [1.54, 1.807) is 6.07 Å². The number of nitrogens with one attached hydrogen (secondary N) is 1. The van der Waals surface area contributed by atoms with Crippen LogP contribution in [0.3, 0.4) is 0 Å². The fourth-order valence-corrected chi connectivity index (χ4v) is 2.31. The topological polar surface area (TPSA) is 29.1 Å². The summed E-state index contributed by atoms with van der Waals surface area (Å²) in [6.07, 6.45) is 0. The van der Waals surface area contributed by atoms with E-state index in [4.69, 9.17) is 0 Å². The van der Waals surface area contributed by atoms with Crippen molar-refractivity contribution in [1.82, 2.24) is 5.32 Å². The van der Waals surface area contributed by atoms with Crippen molar-refractivity contribution >= 4 is 53.7 Å². The summed E-state index contributed by atoms with van der Waals surface area (Å²) < 4.78 is 2.43. The van der Waals surface area contributed by atoms with Gasteiger partial charge >= 0.3 is 0 Å². The molecule has 0 heterocycles. The molecule has 0 fully saturated rings. The Bertz CT molecular complexity index is 404. The molecule has 0 aliphatic carbocycles. The fraction of sp³-hybridized carbons (Fsp3) is 0.100. The number of carbonyl (C=O) groups is 1. The SMILES string of the molecule is C=C(Br)CNC(=O)c1ccc(Br)cc1Br. The first-order chi connectivity index (χ1) is 7.00. The summed E-state index contributed by atoms with van der Waals surface area (Å²) in [5.41, 5.74) is 0.604. The van der Waals surface area contributed by atoms with Crippen molar-refractivity contribution < 1.29 is 4.79 Å². The average molecular weight is 398 g/mol. The molecule has 0 aliphatic rings. The Labute approximate surface area is 114 Å². The van der Waals surface area contributed by atoms with Crippen LogP contribution in [-0.4, -0.2) is 12.5 Å². The lowest BCUT2D eigenvalue weighted by molar-refractivity contribution is 0.0957. The standard InChI is InChI=1S/C10H8Br3NO/c1-6(11)5-14-10(15)8-3-2-7(12)4-9(8)13/h2-4H,1,5H2,(H,14,15). The summed E-state index contributed by atoms with van der Waals surface area (Å²) in [6, 6.07) is 5.40. The summed E-state index contributed by atoms with van der Waals surface area (Å²) >= 11 is 9.83. The molecule has 0 radical (unpaired) electrons. The minimum Gasteiger partial charge on any atom is -0.347 e. The van der Waals surface area contributed by atoms with E-state index in [1.807, 2.05) is 12.1 Å². The van der Waals surface area contributed by atoms with E-state index in [0.717, 1.165) is 13.4 Å². The monoisotopic (exact) mass is 395 g/mol. The van der Waals surface area contributed by atoms with Crippen LogP contribution in [0.25, 0.3) is 0 Å². The first-order valence-corrected chi connectivity index (χ1v) is 6.45. The lowest BCUT2D eigenvalue weighted by Crippen LogP contribution is -2.24. The molecule has 0 aromatic heterocycles. The summed E-state index contributed by atoms with van der Waals surface area (Å²) in [4.78, 5) is 11.7. The maximum absolute atomic E-state index is 11.7. The van der Waals surface area contributed by atoms with Crippen molar-refractivity contribution in [2.24, 2.45) is 0 Å². The second kappa shape index (κ2) is 5.82. The Morgan fingerprint density at radius 3 is 2.60 bits per heavy atom. The van der Waals surface area contributed by atoms with Gasteiger partial charge in [-0.2, -0.15) is 0 Å². The highest BCUT2D eigenvalue weighted by Gasteiger charge is 2.09. The number of halogens is 3. The highest BCUT2D eigenvalue weighted by Crippen LogP contribution is 2.21. The van der Waals surface area contributed by atoms with Gasteiger partial charge in [0.1, 0.15) is 0 Å². The van der Waals surface area contributed by atoms with Gasteiger partial charge in [0, 0.05) is 20.0 Å². The molecule has 0 atom stereocenters. The first-order valence-electron chi connectivity index (χ1n) is 4.07. The second-order valence-corrected chi connectivity index (χ2v) is 5.72. The molecule has 0 aliphatic heterocycles. The van der Waals surface area contributed by atoms with E-state index >= 15 is 0 Å². The normalized spacial score (nSPS) is 9.80. The zero-order valence-electron chi connectivity index (χ0n) is 7.69. The van der Waals surface area contributed by atoms with E-state index in [1.165, 1.54) is 0 Å². The molecule has 0 saturated carbocycles. The largest absolute Gasteiger partial charge is 0.347 e. The molecule has 0 unspecified atom stereocenters. The molecule has 1 rings (SSSR count). The summed E-state index contributed by atoms with van der Waals surface area (Å²) in [6.45, 7) is 4.06. The second-order valence-electron chi connectivity index (χ2n) is 2.82. The first kappa shape index (κ1) is 12.9. The van der Waals surface area contributed by atoms with Crippen LogP contribution in [0.2, 0.25) is 0 Å². The van der Waals surface area contributed by atoms with Gasteiger partial charge in [0.05, 0.1) is 5.56 Å². The molecule has 1 aromatic rings. The van der Waals surface area contributed by atoms with Gasteiger partial charge in [-0.25, -0.2) is 0 Å². The van der Waals surface area contributed by atoms with Crippen molar-refractivity contribution in [3.8, 4) is 0 Å². The Kier molecular flexibility index (Phi) is 5.02. The van der Waals surface area contributed by atoms with Crippen LogP contribution in [0.5, 0.6) is 0 Å². The van der Waals surface area contributed by atoms with Gasteiger partial charge in [0.25, 0.3) is 5.91 Å². The summed E-state index contributed by atoms with van der Waals surface area (Å²) in [5, 5.41) is 2.73. The summed E-state index contributed by atoms with van der Waals surface area (Å²) in [7, 11) is 0. The van der Waals surface area contributed by atoms with Crippen molar-refractivity contribution in [2.45, 2.75) is 0 Å². The molecular formula is C10H8Br3NO. The van der Waals surface area contributed by atoms with Crippen molar-refractivity contribution in [3.05, 3.63) is 43.8 Å². The van der Waals surface area contributed by atoms with Crippen LogP contribution in [0.1, 0.15) is 10.4 Å². The van der Waals surface area contributed by atoms with E-state index in [0.29, 0.717) is 12.1 Å². The molecule has 0 saturated heterocycles. The number of hydrogen-bond donors (Lipinski definition) is 1. The van der Waals surface area contributed by atoms with Gasteiger partial charge in [-0.15, -0.1) is 0 Å². The van der Waals surface area contributed by atoms with Crippen LogP contribution in [0.4, 0.5) is 0 Å². The maximum atomic E-state index is 11.7.